The van der Waals surface area contributed by atoms with Crippen LogP contribution in [-0.2, 0) is 6.42 Å². The maximum atomic E-state index is 14.4. The third-order valence-electron chi connectivity index (χ3n) is 3.91. The number of nitrogens with one attached hydrogen (secondary N) is 2. The average Bonchev–Trinajstić information content (AvgIpc) is 2.91. The van der Waals surface area contributed by atoms with Crippen LogP contribution in [0.4, 0.5) is 4.39 Å². The molecule has 2 unspecified atom stereocenters. The zero-order chi connectivity index (χ0) is 16.6. The van der Waals surface area contributed by atoms with Gasteiger partial charge in [-0.25, -0.2) is 4.39 Å². The lowest BCUT2D eigenvalue weighted by atomic mass is 9.79. The third-order valence-corrected chi connectivity index (χ3v) is 4.41. The summed E-state index contributed by atoms with van der Waals surface area (Å²) < 4.78 is 20.5. The van der Waals surface area contributed by atoms with E-state index in [9.17, 15) is 9.65 Å². The van der Waals surface area contributed by atoms with Gasteiger partial charge in [0.1, 0.15) is 11.7 Å². The Kier molecular flexibility index (Phi) is 4.18. The number of benzene rings is 1. The molecule has 7 heteroatoms. The lowest BCUT2D eigenvalue weighted by molar-refractivity contribution is 0.431. The van der Waals surface area contributed by atoms with E-state index in [1.54, 1.807) is 12.1 Å². The van der Waals surface area contributed by atoms with E-state index in [4.69, 9.17) is 10.1 Å². The van der Waals surface area contributed by atoms with Crippen LogP contribution in [0.25, 0.3) is 0 Å². The van der Waals surface area contributed by atoms with Crippen molar-refractivity contribution in [2.75, 3.05) is 0 Å². The number of rotatable bonds is 3. The fraction of sp³-hybridized carbons (Fsp3) is 0.312. The molecule has 0 fully saturated rings. The van der Waals surface area contributed by atoms with Crippen molar-refractivity contribution in [2.45, 2.75) is 25.7 Å². The SMILES string of the molecule is CCCc1[nH]nc2c1C(c1cc(Br)ccc1F)C(C#N)C(=N)O2. The molecule has 118 valence electrons. The quantitative estimate of drug-likeness (QED) is 0.851. The van der Waals surface area contributed by atoms with Gasteiger partial charge in [-0.1, -0.05) is 29.3 Å². The first kappa shape index (κ1) is 15.7. The van der Waals surface area contributed by atoms with E-state index in [0.717, 1.165) is 12.1 Å². The van der Waals surface area contributed by atoms with Gasteiger partial charge in [-0.2, -0.15) is 5.26 Å². The average molecular weight is 377 g/mol. The van der Waals surface area contributed by atoms with Crippen LogP contribution in [0, 0.1) is 28.5 Å². The Morgan fingerprint density at radius 1 is 1.52 bits per heavy atom. The van der Waals surface area contributed by atoms with Gasteiger partial charge in [0.05, 0.1) is 6.07 Å². The zero-order valence-electron chi connectivity index (χ0n) is 12.4. The maximum Gasteiger partial charge on any atom is 0.243 e. The van der Waals surface area contributed by atoms with Crippen LogP contribution in [0.3, 0.4) is 0 Å². The molecule has 5 nitrogen and oxygen atoms in total. The molecule has 0 spiro atoms. The molecule has 2 aromatic rings. The smallest absolute Gasteiger partial charge is 0.243 e. The Bertz CT molecular complexity index is 811. The molecule has 2 atom stereocenters. The molecule has 1 aromatic heterocycles. The lowest BCUT2D eigenvalue weighted by Gasteiger charge is -2.28. The minimum atomic E-state index is -0.889. The second-order valence-electron chi connectivity index (χ2n) is 5.39. The van der Waals surface area contributed by atoms with Crippen molar-refractivity contribution in [3.8, 4) is 11.9 Å². The molecule has 1 aromatic carbocycles. The van der Waals surface area contributed by atoms with Crippen LogP contribution in [0.15, 0.2) is 22.7 Å². The first-order valence-corrected chi connectivity index (χ1v) is 8.04. The fourth-order valence-electron chi connectivity index (χ4n) is 2.91. The van der Waals surface area contributed by atoms with E-state index in [1.807, 2.05) is 6.92 Å². The van der Waals surface area contributed by atoms with E-state index in [2.05, 4.69) is 32.2 Å². The molecule has 23 heavy (non-hydrogen) atoms. The number of nitriles is 1. The number of hydrogen-bond acceptors (Lipinski definition) is 4. The minimum absolute atomic E-state index is 0.209. The van der Waals surface area contributed by atoms with Crippen LogP contribution in [0.1, 0.15) is 36.1 Å². The van der Waals surface area contributed by atoms with E-state index in [-0.39, 0.29) is 11.8 Å². The second kappa shape index (κ2) is 6.13. The van der Waals surface area contributed by atoms with E-state index in [1.165, 1.54) is 6.07 Å². The maximum absolute atomic E-state index is 14.4. The number of fused-ring (bicyclic) bond motifs is 1. The van der Waals surface area contributed by atoms with Crippen LogP contribution < -0.4 is 4.74 Å². The number of ether oxygens (including phenoxy) is 1. The first-order valence-electron chi connectivity index (χ1n) is 7.24. The summed E-state index contributed by atoms with van der Waals surface area (Å²) in [6.45, 7) is 2.02. The number of H-pyrrole nitrogens is 1. The summed E-state index contributed by atoms with van der Waals surface area (Å²) in [5.41, 5.74) is 1.85. The lowest BCUT2D eigenvalue weighted by Crippen LogP contribution is -2.31. The van der Waals surface area contributed by atoms with Crippen molar-refractivity contribution in [3.05, 3.63) is 45.3 Å². The van der Waals surface area contributed by atoms with Crippen molar-refractivity contribution in [2.24, 2.45) is 5.92 Å². The van der Waals surface area contributed by atoms with Crippen molar-refractivity contribution >= 4 is 21.8 Å². The van der Waals surface area contributed by atoms with Crippen LogP contribution in [-0.4, -0.2) is 16.1 Å². The highest BCUT2D eigenvalue weighted by Gasteiger charge is 2.41. The summed E-state index contributed by atoms with van der Waals surface area (Å²) in [5, 5.41) is 24.5. The van der Waals surface area contributed by atoms with E-state index in [0.29, 0.717) is 22.0 Å². The summed E-state index contributed by atoms with van der Waals surface area (Å²) in [4.78, 5) is 0. The van der Waals surface area contributed by atoms with Gasteiger partial charge in [-0.05, 0) is 30.2 Å². The molecule has 1 aliphatic rings. The molecule has 2 N–H and O–H groups in total. The zero-order valence-corrected chi connectivity index (χ0v) is 13.9. The van der Waals surface area contributed by atoms with Gasteiger partial charge in [0.2, 0.25) is 11.8 Å². The fourth-order valence-corrected chi connectivity index (χ4v) is 3.29. The van der Waals surface area contributed by atoms with Crippen molar-refractivity contribution in [1.29, 1.82) is 10.7 Å². The summed E-state index contributed by atoms with van der Waals surface area (Å²) in [7, 11) is 0. The van der Waals surface area contributed by atoms with E-state index < -0.39 is 17.7 Å². The number of aromatic nitrogens is 2. The summed E-state index contributed by atoms with van der Waals surface area (Å²) in [6, 6.07) is 6.68. The summed E-state index contributed by atoms with van der Waals surface area (Å²) in [6.07, 6.45) is 1.58. The first-order chi connectivity index (χ1) is 11.1. The molecule has 0 aliphatic carbocycles. The summed E-state index contributed by atoms with van der Waals surface area (Å²) in [5.74, 6) is -1.87. The van der Waals surface area contributed by atoms with Gasteiger partial charge in [0.25, 0.3) is 0 Å². The van der Waals surface area contributed by atoms with Crippen molar-refractivity contribution in [1.82, 2.24) is 10.2 Å². The Balaban J connectivity index is 2.24. The highest BCUT2D eigenvalue weighted by atomic mass is 79.9. The highest BCUT2D eigenvalue weighted by molar-refractivity contribution is 9.10. The Morgan fingerprint density at radius 3 is 3.00 bits per heavy atom. The molecular weight excluding hydrogens is 363 g/mol. The molecule has 0 saturated heterocycles. The minimum Gasteiger partial charge on any atom is -0.422 e. The van der Waals surface area contributed by atoms with Gasteiger partial charge < -0.3 is 4.74 Å². The Labute approximate surface area is 141 Å². The molecule has 3 rings (SSSR count). The number of nitrogens with zero attached hydrogens (tertiary/aromatic N) is 2. The monoisotopic (exact) mass is 376 g/mol. The van der Waals surface area contributed by atoms with Crippen molar-refractivity contribution < 1.29 is 9.13 Å². The molecule has 0 amide bonds. The van der Waals surface area contributed by atoms with E-state index >= 15 is 0 Å². The van der Waals surface area contributed by atoms with Gasteiger partial charge in [0.15, 0.2) is 0 Å². The van der Waals surface area contributed by atoms with Crippen molar-refractivity contribution in [3.63, 3.8) is 0 Å². The Morgan fingerprint density at radius 2 is 2.30 bits per heavy atom. The third kappa shape index (κ3) is 2.63. The molecule has 1 aliphatic heterocycles. The number of aromatic amines is 1. The van der Waals surface area contributed by atoms with Gasteiger partial charge in [-0.3, -0.25) is 10.5 Å². The summed E-state index contributed by atoms with van der Waals surface area (Å²) >= 11 is 3.34. The number of halogens is 2. The standard InChI is InChI=1S/C16H14BrFN4O/c1-2-3-12-14-13(9-6-8(17)4-5-11(9)18)10(7-19)15(20)23-16(14)22-21-12/h4-6,10,13,20H,2-3H2,1H3,(H,21,22). The topological polar surface area (TPSA) is 85.5 Å². The van der Waals surface area contributed by atoms with Gasteiger partial charge in [0, 0.05) is 21.6 Å². The normalized spacial score (nSPS) is 19.8. The predicted octanol–water partition coefficient (Wildman–Crippen LogP) is 3.91. The molecule has 0 saturated carbocycles. The highest BCUT2D eigenvalue weighted by Crippen LogP contribution is 2.44. The van der Waals surface area contributed by atoms with Crippen LogP contribution in [0.5, 0.6) is 5.88 Å². The molecular formula is C16H14BrFN4O. The number of hydrogen-bond donors (Lipinski definition) is 2. The van der Waals surface area contributed by atoms with Gasteiger partial charge >= 0.3 is 0 Å². The second-order valence-corrected chi connectivity index (χ2v) is 6.30. The molecule has 0 bridgehead atoms. The van der Waals surface area contributed by atoms with Crippen LogP contribution in [0.2, 0.25) is 0 Å². The number of aryl methyl sites for hydroxylation is 1. The Hall–Kier alpha value is -2.20. The molecule has 2 heterocycles. The predicted molar refractivity (Wildman–Crippen MR) is 86.0 cm³/mol. The molecule has 0 radical (unpaired) electrons. The van der Waals surface area contributed by atoms with Gasteiger partial charge in [-0.15, -0.1) is 5.10 Å². The van der Waals surface area contributed by atoms with Crippen LogP contribution >= 0.6 is 15.9 Å². The largest absolute Gasteiger partial charge is 0.422 e.